The Morgan fingerprint density at radius 3 is 2.46 bits per heavy atom. The van der Waals surface area contributed by atoms with Gasteiger partial charge < -0.3 is 10.1 Å². The minimum absolute atomic E-state index is 0.0772. The normalized spacial score (nSPS) is 10.7. The van der Waals surface area contributed by atoms with Gasteiger partial charge in [-0.25, -0.2) is 4.98 Å². The zero-order chi connectivity index (χ0) is 17.2. The quantitative estimate of drug-likeness (QED) is 0.611. The average Bonchev–Trinajstić information content (AvgIpc) is 3.03. The third kappa shape index (κ3) is 5.99. The lowest BCUT2D eigenvalue weighted by Crippen LogP contribution is -2.01. The van der Waals surface area contributed by atoms with Crippen molar-refractivity contribution < 1.29 is 14.7 Å². The van der Waals surface area contributed by atoms with Crippen molar-refractivity contribution >= 4 is 11.8 Å². The number of carbonyl (C=O) groups is 2. The van der Waals surface area contributed by atoms with E-state index in [1.165, 1.54) is 0 Å². The van der Waals surface area contributed by atoms with E-state index in [9.17, 15) is 9.59 Å². The van der Waals surface area contributed by atoms with Crippen LogP contribution in [0.2, 0.25) is 0 Å². The molecule has 2 aromatic rings. The molecule has 0 saturated heterocycles. The molecule has 0 atom stereocenters. The molecule has 0 fully saturated rings. The number of carboxylic acids is 1. The molecule has 0 bridgehead atoms. The topological polar surface area (TPSA) is 83.0 Å². The number of aliphatic carboxylic acids is 1. The van der Waals surface area contributed by atoms with Crippen LogP contribution in [-0.2, 0) is 16.0 Å². The lowest BCUT2D eigenvalue weighted by molar-refractivity contribution is -0.137. The zero-order valence-electron chi connectivity index (χ0n) is 13.8. The van der Waals surface area contributed by atoms with E-state index in [-0.39, 0.29) is 12.2 Å². The molecule has 0 radical (unpaired) electrons. The Hall–Kier alpha value is -2.43. The summed E-state index contributed by atoms with van der Waals surface area (Å²) in [6.07, 6.45) is 6.94. The fourth-order valence-corrected chi connectivity index (χ4v) is 2.72. The lowest BCUT2D eigenvalue weighted by Gasteiger charge is -2.04. The van der Waals surface area contributed by atoms with Gasteiger partial charge in [0.25, 0.3) is 0 Å². The molecule has 0 aliphatic heterocycles. The van der Waals surface area contributed by atoms with E-state index in [1.807, 2.05) is 18.2 Å². The van der Waals surface area contributed by atoms with Crippen molar-refractivity contribution in [1.82, 2.24) is 9.97 Å². The molecule has 1 heterocycles. The Labute approximate surface area is 142 Å². The molecule has 2 N–H and O–H groups in total. The van der Waals surface area contributed by atoms with Gasteiger partial charge in [0.05, 0.1) is 12.0 Å². The van der Waals surface area contributed by atoms with E-state index < -0.39 is 5.97 Å². The highest BCUT2D eigenvalue weighted by Crippen LogP contribution is 2.21. The Morgan fingerprint density at radius 1 is 0.958 bits per heavy atom. The molecular weight excluding hydrogens is 304 g/mol. The van der Waals surface area contributed by atoms with Crippen molar-refractivity contribution in [3.05, 3.63) is 42.4 Å². The van der Waals surface area contributed by atoms with E-state index in [2.05, 4.69) is 22.1 Å². The highest BCUT2D eigenvalue weighted by Gasteiger charge is 2.08. The number of aromatic amines is 1. The summed E-state index contributed by atoms with van der Waals surface area (Å²) in [5, 5.41) is 8.55. The SMILES string of the molecule is O=C(O)CCCC(=O)CCCCCc1[nH]cnc1-c1ccccc1. The number of benzene rings is 1. The van der Waals surface area contributed by atoms with Gasteiger partial charge in [-0.05, 0) is 25.7 Å². The van der Waals surface area contributed by atoms with Crippen LogP contribution in [0, 0.1) is 0 Å². The van der Waals surface area contributed by atoms with E-state index in [0.29, 0.717) is 19.3 Å². The second kappa shape index (κ2) is 9.65. The number of nitrogens with zero attached hydrogens (tertiary/aromatic N) is 1. The number of H-pyrrole nitrogens is 1. The largest absolute Gasteiger partial charge is 0.481 e. The monoisotopic (exact) mass is 328 g/mol. The number of hydrogen-bond acceptors (Lipinski definition) is 3. The highest BCUT2D eigenvalue weighted by molar-refractivity contribution is 5.78. The third-order valence-corrected chi connectivity index (χ3v) is 3.99. The lowest BCUT2D eigenvalue weighted by atomic mass is 10.0. The van der Waals surface area contributed by atoms with Crippen molar-refractivity contribution in [2.75, 3.05) is 0 Å². The fourth-order valence-electron chi connectivity index (χ4n) is 2.72. The molecule has 24 heavy (non-hydrogen) atoms. The van der Waals surface area contributed by atoms with Crippen molar-refractivity contribution in [3.63, 3.8) is 0 Å². The number of ketones is 1. The van der Waals surface area contributed by atoms with E-state index in [4.69, 9.17) is 5.11 Å². The van der Waals surface area contributed by atoms with Crippen molar-refractivity contribution in [2.24, 2.45) is 0 Å². The number of aromatic nitrogens is 2. The van der Waals surface area contributed by atoms with Crippen LogP contribution in [0.3, 0.4) is 0 Å². The van der Waals surface area contributed by atoms with E-state index >= 15 is 0 Å². The summed E-state index contributed by atoms with van der Waals surface area (Å²) in [5.74, 6) is -0.667. The van der Waals surface area contributed by atoms with Crippen LogP contribution < -0.4 is 0 Å². The van der Waals surface area contributed by atoms with Crippen LogP contribution in [0.4, 0.5) is 0 Å². The zero-order valence-corrected chi connectivity index (χ0v) is 13.8. The number of carboxylic acid groups (broad SMARTS) is 1. The van der Waals surface area contributed by atoms with E-state index in [1.54, 1.807) is 6.33 Å². The van der Waals surface area contributed by atoms with Gasteiger partial charge in [-0.3, -0.25) is 9.59 Å². The molecule has 0 spiro atoms. The Bertz CT molecular complexity index is 650. The maximum absolute atomic E-state index is 11.6. The second-order valence-corrected chi connectivity index (χ2v) is 5.94. The van der Waals surface area contributed by atoms with Crippen LogP contribution in [0.1, 0.15) is 50.6 Å². The fraction of sp³-hybridized carbons (Fsp3) is 0.421. The van der Waals surface area contributed by atoms with Gasteiger partial charge in [0.2, 0.25) is 0 Å². The van der Waals surface area contributed by atoms with Crippen molar-refractivity contribution in [2.45, 2.75) is 51.4 Å². The van der Waals surface area contributed by atoms with Gasteiger partial charge in [0.1, 0.15) is 5.78 Å². The summed E-state index contributed by atoms with van der Waals surface area (Å²) in [6.45, 7) is 0. The first-order valence-electron chi connectivity index (χ1n) is 8.48. The van der Waals surface area contributed by atoms with Crippen molar-refractivity contribution in [3.8, 4) is 11.3 Å². The molecular formula is C19H24N2O3. The molecule has 5 nitrogen and oxygen atoms in total. The number of carbonyl (C=O) groups excluding carboxylic acids is 1. The first-order valence-corrected chi connectivity index (χ1v) is 8.48. The molecule has 0 amide bonds. The number of hydrogen-bond donors (Lipinski definition) is 2. The Balaban J connectivity index is 1.66. The Kier molecular flexibility index (Phi) is 7.21. The summed E-state index contributed by atoms with van der Waals surface area (Å²) in [4.78, 5) is 29.7. The van der Waals surface area contributed by atoms with Crippen LogP contribution in [0.5, 0.6) is 0 Å². The predicted molar refractivity (Wildman–Crippen MR) is 92.7 cm³/mol. The molecule has 0 unspecified atom stereocenters. The Morgan fingerprint density at radius 2 is 1.71 bits per heavy atom. The van der Waals surface area contributed by atoms with Gasteiger partial charge in [-0.2, -0.15) is 0 Å². The van der Waals surface area contributed by atoms with Gasteiger partial charge in [-0.1, -0.05) is 36.8 Å². The molecule has 1 aromatic carbocycles. The first kappa shape index (κ1) is 17.9. The standard InChI is InChI=1S/C19H24N2O3/c22-16(11-7-13-18(23)24)10-5-2-6-12-17-19(21-14-20-17)15-8-3-1-4-9-15/h1,3-4,8-9,14H,2,5-7,10-13H2,(H,20,21)(H,23,24). The van der Waals surface area contributed by atoms with Crippen LogP contribution in [0.15, 0.2) is 36.7 Å². The average molecular weight is 328 g/mol. The van der Waals surface area contributed by atoms with Gasteiger partial charge >= 0.3 is 5.97 Å². The van der Waals surface area contributed by atoms with Gasteiger partial charge in [-0.15, -0.1) is 0 Å². The molecule has 1 aromatic heterocycles. The van der Waals surface area contributed by atoms with Gasteiger partial charge in [0, 0.05) is 30.5 Å². The number of aryl methyl sites for hydroxylation is 1. The summed E-state index contributed by atoms with van der Waals surface area (Å²) in [5.41, 5.74) is 3.25. The minimum Gasteiger partial charge on any atom is -0.481 e. The number of unbranched alkanes of at least 4 members (excludes halogenated alkanes) is 2. The number of rotatable bonds is 11. The molecule has 0 aliphatic carbocycles. The summed E-state index contributed by atoms with van der Waals surface area (Å²) in [7, 11) is 0. The molecule has 128 valence electrons. The molecule has 0 saturated carbocycles. The van der Waals surface area contributed by atoms with Crippen LogP contribution >= 0.6 is 0 Å². The maximum Gasteiger partial charge on any atom is 0.303 e. The number of nitrogens with one attached hydrogen (secondary N) is 1. The smallest absolute Gasteiger partial charge is 0.303 e. The van der Waals surface area contributed by atoms with Crippen molar-refractivity contribution in [1.29, 1.82) is 0 Å². The summed E-state index contributed by atoms with van der Waals surface area (Å²) >= 11 is 0. The number of imidazole rings is 1. The van der Waals surface area contributed by atoms with Crippen LogP contribution in [0.25, 0.3) is 11.3 Å². The molecule has 5 heteroatoms. The summed E-state index contributed by atoms with van der Waals surface area (Å²) < 4.78 is 0. The molecule has 2 rings (SSSR count). The predicted octanol–water partition coefficient (Wildman–Crippen LogP) is 4.00. The highest BCUT2D eigenvalue weighted by atomic mass is 16.4. The second-order valence-electron chi connectivity index (χ2n) is 5.94. The first-order chi connectivity index (χ1) is 11.7. The van der Waals surface area contributed by atoms with Gasteiger partial charge in [0.15, 0.2) is 0 Å². The molecule has 0 aliphatic rings. The maximum atomic E-state index is 11.6. The third-order valence-electron chi connectivity index (χ3n) is 3.99. The van der Waals surface area contributed by atoms with Crippen LogP contribution in [-0.4, -0.2) is 26.8 Å². The van der Waals surface area contributed by atoms with E-state index in [0.717, 1.165) is 42.6 Å². The minimum atomic E-state index is -0.837. The summed E-state index contributed by atoms with van der Waals surface area (Å²) in [6, 6.07) is 10.1. The number of Topliss-reactive ketones (excluding diaryl/α,β-unsaturated/α-hetero) is 1.